The molecule has 0 saturated heterocycles. The minimum absolute atomic E-state index is 0.359. The van der Waals surface area contributed by atoms with E-state index in [0.717, 1.165) is 5.56 Å². The molecule has 102 valence electrons. The van der Waals surface area contributed by atoms with Gasteiger partial charge in [0.05, 0.1) is 5.52 Å². The van der Waals surface area contributed by atoms with Gasteiger partial charge in [0, 0.05) is 23.5 Å². The van der Waals surface area contributed by atoms with Gasteiger partial charge < -0.3 is 8.94 Å². The molecule has 0 aliphatic carbocycles. The van der Waals surface area contributed by atoms with Crippen LogP contribution >= 0.6 is 0 Å². The molecule has 7 heteroatoms. The molecule has 0 aliphatic heterocycles. The summed E-state index contributed by atoms with van der Waals surface area (Å²) in [6.07, 6.45) is 3.33. The molecule has 4 aromatic rings. The Labute approximate surface area is 117 Å². The average Bonchev–Trinajstić information content (AvgIpc) is 3.12. The lowest BCUT2D eigenvalue weighted by molar-refractivity contribution is 0.432. The Kier molecular flexibility index (Phi) is 2.43. The Morgan fingerprint density at radius 3 is 2.95 bits per heavy atom. The fraction of sp³-hybridized carbons (Fsp3) is 0. The SMILES string of the molecule is O=c1[nH]c2cc(-c3nc(-c4cccnc4)no3)ccc2o1. The second kappa shape index (κ2) is 4.41. The first-order chi connectivity index (χ1) is 10.3. The number of pyridine rings is 1. The summed E-state index contributed by atoms with van der Waals surface area (Å²) in [6.45, 7) is 0. The van der Waals surface area contributed by atoms with Crippen molar-refractivity contribution in [1.29, 1.82) is 0 Å². The van der Waals surface area contributed by atoms with E-state index in [2.05, 4.69) is 20.1 Å². The molecule has 0 radical (unpaired) electrons. The van der Waals surface area contributed by atoms with E-state index in [4.69, 9.17) is 8.94 Å². The monoisotopic (exact) mass is 280 g/mol. The molecular formula is C14H8N4O3. The van der Waals surface area contributed by atoms with Crippen LogP contribution in [0.2, 0.25) is 0 Å². The summed E-state index contributed by atoms with van der Waals surface area (Å²) in [5.74, 6) is 0.320. The number of aromatic amines is 1. The fourth-order valence-electron chi connectivity index (χ4n) is 2.04. The number of rotatable bonds is 2. The lowest BCUT2D eigenvalue weighted by Gasteiger charge is -1.93. The third-order valence-electron chi connectivity index (χ3n) is 3.01. The number of fused-ring (bicyclic) bond motifs is 1. The molecule has 0 saturated carbocycles. The highest BCUT2D eigenvalue weighted by Crippen LogP contribution is 2.24. The lowest BCUT2D eigenvalue weighted by atomic mass is 10.2. The summed E-state index contributed by atoms with van der Waals surface area (Å²) in [6, 6.07) is 8.79. The van der Waals surface area contributed by atoms with Crippen LogP contribution in [-0.4, -0.2) is 20.1 Å². The molecule has 1 N–H and O–H groups in total. The van der Waals surface area contributed by atoms with Crippen LogP contribution in [0.25, 0.3) is 33.9 Å². The van der Waals surface area contributed by atoms with Crippen molar-refractivity contribution in [3.05, 3.63) is 53.3 Å². The van der Waals surface area contributed by atoms with Crippen LogP contribution < -0.4 is 5.76 Å². The van der Waals surface area contributed by atoms with E-state index < -0.39 is 5.76 Å². The van der Waals surface area contributed by atoms with Gasteiger partial charge in [0.1, 0.15) is 0 Å². The zero-order valence-corrected chi connectivity index (χ0v) is 10.6. The topological polar surface area (TPSA) is 97.8 Å². The number of H-pyrrole nitrogens is 1. The molecule has 3 aromatic heterocycles. The van der Waals surface area contributed by atoms with Gasteiger partial charge in [-0.15, -0.1) is 0 Å². The molecule has 3 heterocycles. The molecule has 1 aromatic carbocycles. The number of nitrogens with zero attached hydrogens (tertiary/aromatic N) is 3. The summed E-state index contributed by atoms with van der Waals surface area (Å²) in [5, 5.41) is 3.93. The fourth-order valence-corrected chi connectivity index (χ4v) is 2.04. The first-order valence-corrected chi connectivity index (χ1v) is 6.17. The molecule has 21 heavy (non-hydrogen) atoms. The van der Waals surface area contributed by atoms with Gasteiger partial charge in [0.25, 0.3) is 5.89 Å². The Hall–Kier alpha value is -3.22. The predicted octanol–water partition coefficient (Wildman–Crippen LogP) is 2.23. The van der Waals surface area contributed by atoms with Crippen molar-refractivity contribution < 1.29 is 8.94 Å². The largest absolute Gasteiger partial charge is 0.417 e. The molecule has 0 aliphatic rings. The van der Waals surface area contributed by atoms with Crippen molar-refractivity contribution in [3.63, 3.8) is 0 Å². The number of hydrogen-bond donors (Lipinski definition) is 1. The number of nitrogens with one attached hydrogen (secondary N) is 1. The van der Waals surface area contributed by atoms with Crippen LogP contribution in [0, 0.1) is 0 Å². The van der Waals surface area contributed by atoms with Crippen LogP contribution in [0.15, 0.2) is 56.5 Å². The molecule has 0 amide bonds. The van der Waals surface area contributed by atoms with E-state index in [1.807, 2.05) is 6.07 Å². The van der Waals surface area contributed by atoms with Gasteiger partial charge >= 0.3 is 5.76 Å². The first-order valence-electron chi connectivity index (χ1n) is 6.17. The van der Waals surface area contributed by atoms with Gasteiger partial charge in [-0.2, -0.15) is 4.98 Å². The van der Waals surface area contributed by atoms with Crippen molar-refractivity contribution in [2.75, 3.05) is 0 Å². The summed E-state index contributed by atoms with van der Waals surface area (Å²) in [7, 11) is 0. The normalized spacial score (nSPS) is 11.0. The van der Waals surface area contributed by atoms with Gasteiger partial charge in [0.2, 0.25) is 5.82 Å². The van der Waals surface area contributed by atoms with Crippen LogP contribution in [0.3, 0.4) is 0 Å². The van der Waals surface area contributed by atoms with Gasteiger partial charge in [-0.05, 0) is 30.3 Å². The van der Waals surface area contributed by atoms with Crippen molar-refractivity contribution in [2.45, 2.75) is 0 Å². The highest BCUT2D eigenvalue weighted by Gasteiger charge is 2.12. The lowest BCUT2D eigenvalue weighted by Crippen LogP contribution is -1.92. The van der Waals surface area contributed by atoms with E-state index in [1.165, 1.54) is 0 Å². The van der Waals surface area contributed by atoms with E-state index in [1.54, 1.807) is 36.7 Å². The van der Waals surface area contributed by atoms with Gasteiger partial charge in [-0.1, -0.05) is 5.16 Å². The Bertz CT molecular complexity index is 968. The second-order valence-electron chi connectivity index (χ2n) is 4.39. The maximum atomic E-state index is 11.1. The number of oxazole rings is 1. The molecule has 0 bridgehead atoms. The molecule has 0 spiro atoms. The molecule has 0 atom stereocenters. The molecule has 0 unspecified atom stereocenters. The zero-order chi connectivity index (χ0) is 14.2. The molecule has 4 rings (SSSR count). The van der Waals surface area contributed by atoms with Crippen molar-refractivity contribution in [1.82, 2.24) is 20.1 Å². The maximum absolute atomic E-state index is 11.1. The van der Waals surface area contributed by atoms with E-state index in [-0.39, 0.29) is 0 Å². The van der Waals surface area contributed by atoms with E-state index in [0.29, 0.717) is 28.4 Å². The Morgan fingerprint density at radius 2 is 2.10 bits per heavy atom. The van der Waals surface area contributed by atoms with Crippen molar-refractivity contribution in [2.24, 2.45) is 0 Å². The summed E-state index contributed by atoms with van der Waals surface area (Å²) in [4.78, 5) is 22.1. The number of aromatic nitrogens is 4. The average molecular weight is 280 g/mol. The number of hydrogen-bond acceptors (Lipinski definition) is 6. The highest BCUT2D eigenvalue weighted by molar-refractivity contribution is 5.78. The van der Waals surface area contributed by atoms with E-state index in [9.17, 15) is 4.79 Å². The van der Waals surface area contributed by atoms with Crippen molar-refractivity contribution in [3.8, 4) is 22.8 Å². The van der Waals surface area contributed by atoms with Crippen LogP contribution in [0.1, 0.15) is 0 Å². The summed E-state index contributed by atoms with van der Waals surface area (Å²) in [5.41, 5.74) is 2.53. The quantitative estimate of drug-likeness (QED) is 0.604. The van der Waals surface area contributed by atoms with Crippen LogP contribution in [-0.2, 0) is 0 Å². The zero-order valence-electron chi connectivity index (χ0n) is 10.6. The summed E-state index contributed by atoms with van der Waals surface area (Å²) >= 11 is 0. The molecule has 0 fully saturated rings. The highest BCUT2D eigenvalue weighted by atomic mass is 16.5. The smallest absolute Gasteiger partial charge is 0.408 e. The summed E-state index contributed by atoms with van der Waals surface area (Å²) < 4.78 is 10.2. The first kappa shape index (κ1) is 11.6. The Balaban J connectivity index is 1.78. The van der Waals surface area contributed by atoms with E-state index >= 15 is 0 Å². The van der Waals surface area contributed by atoms with Crippen LogP contribution in [0.4, 0.5) is 0 Å². The molecule has 7 nitrogen and oxygen atoms in total. The second-order valence-corrected chi connectivity index (χ2v) is 4.39. The van der Waals surface area contributed by atoms with Gasteiger partial charge in [-0.3, -0.25) is 9.97 Å². The Morgan fingerprint density at radius 1 is 1.14 bits per heavy atom. The third kappa shape index (κ3) is 2.00. The minimum atomic E-state index is -0.497. The predicted molar refractivity (Wildman–Crippen MR) is 73.4 cm³/mol. The van der Waals surface area contributed by atoms with Gasteiger partial charge in [0.15, 0.2) is 5.58 Å². The van der Waals surface area contributed by atoms with Crippen molar-refractivity contribution >= 4 is 11.1 Å². The van der Waals surface area contributed by atoms with Gasteiger partial charge in [-0.25, -0.2) is 4.79 Å². The number of benzene rings is 1. The standard InChI is InChI=1S/C14H8N4O3/c19-14-16-10-6-8(3-4-11(10)20-14)13-17-12(18-21-13)9-2-1-5-15-7-9/h1-7H,(H,16,19). The van der Waals surface area contributed by atoms with Crippen LogP contribution in [0.5, 0.6) is 0 Å². The molecular weight excluding hydrogens is 272 g/mol. The maximum Gasteiger partial charge on any atom is 0.417 e. The minimum Gasteiger partial charge on any atom is -0.408 e. The third-order valence-corrected chi connectivity index (χ3v) is 3.01.